The van der Waals surface area contributed by atoms with Crippen LogP contribution in [0.15, 0.2) is 23.8 Å². The van der Waals surface area contributed by atoms with Gasteiger partial charge in [0.2, 0.25) is 0 Å². The van der Waals surface area contributed by atoms with Gasteiger partial charge in [0.1, 0.15) is 0 Å². The number of rotatable bonds is 4. The summed E-state index contributed by atoms with van der Waals surface area (Å²) in [5, 5.41) is 9.24. The zero-order chi connectivity index (χ0) is 12.1. The van der Waals surface area contributed by atoms with E-state index in [0.29, 0.717) is 5.92 Å². The van der Waals surface area contributed by atoms with Gasteiger partial charge in [0.25, 0.3) is 0 Å². The number of allylic oxidation sites excluding steroid dienone is 3. The number of hydrogen-bond acceptors (Lipinski definition) is 1. The van der Waals surface area contributed by atoms with E-state index in [9.17, 15) is 5.11 Å². The second kappa shape index (κ2) is 6.12. The molecule has 88 valence electrons. The van der Waals surface area contributed by atoms with Gasteiger partial charge in [-0.05, 0) is 23.8 Å². The molecule has 0 saturated heterocycles. The van der Waals surface area contributed by atoms with Crippen molar-refractivity contribution in [2.75, 3.05) is 0 Å². The van der Waals surface area contributed by atoms with E-state index in [-0.39, 0.29) is 11.5 Å². The third-order valence-corrected chi connectivity index (χ3v) is 2.53. The van der Waals surface area contributed by atoms with Crippen LogP contribution in [-0.2, 0) is 0 Å². The van der Waals surface area contributed by atoms with Gasteiger partial charge in [-0.2, -0.15) is 0 Å². The fraction of sp³-hybridized carbons (Fsp3) is 0.714. The van der Waals surface area contributed by atoms with Crippen molar-refractivity contribution in [3.05, 3.63) is 23.8 Å². The molecule has 0 aliphatic rings. The fourth-order valence-corrected chi connectivity index (χ4v) is 1.22. The minimum Gasteiger partial charge on any atom is -0.389 e. The molecule has 0 rings (SSSR count). The van der Waals surface area contributed by atoms with Gasteiger partial charge in [0.15, 0.2) is 0 Å². The summed E-state index contributed by atoms with van der Waals surface area (Å²) in [6, 6.07) is 0. The van der Waals surface area contributed by atoms with Crippen molar-refractivity contribution in [1.82, 2.24) is 0 Å². The van der Waals surface area contributed by atoms with E-state index in [4.69, 9.17) is 0 Å². The molecule has 2 atom stereocenters. The smallest absolute Gasteiger partial charge is 0.0695 e. The first-order valence-corrected chi connectivity index (χ1v) is 5.86. The summed E-state index contributed by atoms with van der Waals surface area (Å²) in [6.45, 7) is 12.8. The molecule has 1 nitrogen and oxygen atoms in total. The summed E-state index contributed by atoms with van der Waals surface area (Å²) < 4.78 is 0. The monoisotopic (exact) mass is 210 g/mol. The highest BCUT2D eigenvalue weighted by molar-refractivity contribution is 5.25. The van der Waals surface area contributed by atoms with Crippen LogP contribution in [0.2, 0.25) is 0 Å². The standard InChI is InChI=1S/C14H26O/c1-7-11(2)10-13(14(4,5)6)9-8-12(3)15/h8-12,15H,7H2,1-6H3/b9-8+,13-10+. The first-order chi connectivity index (χ1) is 6.77. The lowest BCUT2D eigenvalue weighted by molar-refractivity contribution is 0.244. The summed E-state index contributed by atoms with van der Waals surface area (Å²) in [5.74, 6) is 0.595. The lowest BCUT2D eigenvalue weighted by Crippen LogP contribution is -2.09. The van der Waals surface area contributed by atoms with Crippen LogP contribution in [0.3, 0.4) is 0 Å². The van der Waals surface area contributed by atoms with Crippen LogP contribution in [-0.4, -0.2) is 11.2 Å². The van der Waals surface area contributed by atoms with E-state index in [1.54, 1.807) is 6.92 Å². The predicted octanol–water partition coefficient (Wildman–Crippen LogP) is 3.94. The molecular formula is C14H26O. The Morgan fingerprint density at radius 2 is 1.80 bits per heavy atom. The van der Waals surface area contributed by atoms with Gasteiger partial charge in [0, 0.05) is 0 Å². The van der Waals surface area contributed by atoms with Crippen LogP contribution < -0.4 is 0 Å². The second-order valence-electron chi connectivity index (χ2n) is 5.36. The van der Waals surface area contributed by atoms with Gasteiger partial charge in [-0.25, -0.2) is 0 Å². The highest BCUT2D eigenvalue weighted by atomic mass is 16.3. The van der Waals surface area contributed by atoms with Crippen molar-refractivity contribution in [1.29, 1.82) is 0 Å². The quantitative estimate of drug-likeness (QED) is 0.697. The van der Waals surface area contributed by atoms with E-state index in [2.05, 4.69) is 46.8 Å². The Bertz CT molecular complexity index is 228. The third kappa shape index (κ3) is 6.51. The highest BCUT2D eigenvalue weighted by Gasteiger charge is 2.15. The largest absolute Gasteiger partial charge is 0.389 e. The van der Waals surface area contributed by atoms with Gasteiger partial charge in [0.05, 0.1) is 6.10 Å². The molecule has 0 amide bonds. The van der Waals surface area contributed by atoms with Gasteiger partial charge in [-0.1, -0.05) is 59.3 Å². The van der Waals surface area contributed by atoms with Crippen molar-refractivity contribution >= 4 is 0 Å². The molecule has 1 N–H and O–H groups in total. The Hall–Kier alpha value is -0.560. The Morgan fingerprint density at radius 3 is 2.13 bits per heavy atom. The number of hydrogen-bond donors (Lipinski definition) is 1. The molecule has 15 heavy (non-hydrogen) atoms. The summed E-state index contributed by atoms with van der Waals surface area (Å²) >= 11 is 0. The van der Waals surface area contributed by atoms with E-state index in [0.717, 1.165) is 6.42 Å². The Morgan fingerprint density at radius 1 is 1.27 bits per heavy atom. The van der Waals surface area contributed by atoms with E-state index in [1.807, 2.05) is 6.08 Å². The lowest BCUT2D eigenvalue weighted by atomic mass is 9.84. The molecule has 0 aromatic rings. The van der Waals surface area contributed by atoms with E-state index >= 15 is 0 Å². The molecule has 0 aliphatic heterocycles. The SMILES string of the molecule is CCC(C)/C=C(\C=C\C(C)O)C(C)(C)C. The Labute approximate surface area is 94.9 Å². The minimum absolute atomic E-state index is 0.148. The molecule has 0 aromatic carbocycles. The molecule has 0 aromatic heterocycles. The molecule has 0 aliphatic carbocycles. The zero-order valence-corrected chi connectivity index (χ0v) is 11.0. The molecule has 1 heteroatoms. The van der Waals surface area contributed by atoms with Crippen LogP contribution in [0.5, 0.6) is 0 Å². The molecule has 0 radical (unpaired) electrons. The summed E-state index contributed by atoms with van der Waals surface area (Å²) in [5.41, 5.74) is 1.45. The van der Waals surface area contributed by atoms with Crippen molar-refractivity contribution in [3.8, 4) is 0 Å². The average Bonchev–Trinajstić information content (AvgIpc) is 2.09. The van der Waals surface area contributed by atoms with Gasteiger partial charge >= 0.3 is 0 Å². The maximum atomic E-state index is 9.24. The van der Waals surface area contributed by atoms with E-state index < -0.39 is 0 Å². The minimum atomic E-state index is -0.368. The van der Waals surface area contributed by atoms with Crippen LogP contribution in [0.4, 0.5) is 0 Å². The molecule has 2 unspecified atom stereocenters. The van der Waals surface area contributed by atoms with Crippen LogP contribution >= 0.6 is 0 Å². The van der Waals surface area contributed by atoms with Crippen molar-refractivity contribution in [3.63, 3.8) is 0 Å². The molecule has 0 heterocycles. The topological polar surface area (TPSA) is 20.2 Å². The molecule has 0 fully saturated rings. The number of aliphatic hydroxyl groups excluding tert-OH is 1. The Balaban J connectivity index is 4.83. The summed E-state index contributed by atoms with van der Waals surface area (Å²) in [6.07, 6.45) is 6.99. The summed E-state index contributed by atoms with van der Waals surface area (Å²) in [7, 11) is 0. The molecular weight excluding hydrogens is 184 g/mol. The Kier molecular flexibility index (Phi) is 5.89. The van der Waals surface area contributed by atoms with Crippen LogP contribution in [0, 0.1) is 11.3 Å². The number of aliphatic hydroxyl groups is 1. The highest BCUT2D eigenvalue weighted by Crippen LogP contribution is 2.28. The van der Waals surface area contributed by atoms with Crippen LogP contribution in [0.25, 0.3) is 0 Å². The fourth-order valence-electron chi connectivity index (χ4n) is 1.22. The molecule has 0 spiro atoms. The predicted molar refractivity (Wildman–Crippen MR) is 67.8 cm³/mol. The van der Waals surface area contributed by atoms with E-state index in [1.165, 1.54) is 5.57 Å². The third-order valence-electron chi connectivity index (χ3n) is 2.53. The molecule has 0 saturated carbocycles. The van der Waals surface area contributed by atoms with Gasteiger partial charge in [-0.15, -0.1) is 0 Å². The first kappa shape index (κ1) is 14.4. The van der Waals surface area contributed by atoms with Gasteiger partial charge in [-0.3, -0.25) is 0 Å². The first-order valence-electron chi connectivity index (χ1n) is 5.86. The zero-order valence-electron chi connectivity index (χ0n) is 11.0. The van der Waals surface area contributed by atoms with Crippen molar-refractivity contribution in [2.24, 2.45) is 11.3 Å². The second-order valence-corrected chi connectivity index (χ2v) is 5.36. The van der Waals surface area contributed by atoms with Crippen LogP contribution in [0.1, 0.15) is 48.0 Å². The van der Waals surface area contributed by atoms with Crippen molar-refractivity contribution < 1.29 is 5.11 Å². The maximum absolute atomic E-state index is 9.24. The van der Waals surface area contributed by atoms with Gasteiger partial charge < -0.3 is 5.11 Å². The summed E-state index contributed by atoms with van der Waals surface area (Å²) in [4.78, 5) is 0. The average molecular weight is 210 g/mol. The lowest BCUT2D eigenvalue weighted by Gasteiger charge is -2.22. The normalized spacial score (nSPS) is 18.2. The molecule has 0 bridgehead atoms. The maximum Gasteiger partial charge on any atom is 0.0695 e. The van der Waals surface area contributed by atoms with Crippen molar-refractivity contribution in [2.45, 2.75) is 54.1 Å².